The van der Waals surface area contributed by atoms with Crippen molar-refractivity contribution in [2.24, 2.45) is 0 Å². The monoisotopic (exact) mass is 307 g/mol. The fourth-order valence-corrected chi connectivity index (χ4v) is 2.15. The lowest BCUT2D eigenvalue weighted by molar-refractivity contribution is -0.140. The molecule has 0 spiro atoms. The molecule has 5 heteroatoms. The third kappa shape index (κ3) is 7.01. The number of carbonyl (C=O) groups is 2. The molecule has 0 aromatic carbocycles. The van der Waals surface area contributed by atoms with Crippen LogP contribution in [-0.4, -0.2) is 43.0 Å². The molecule has 0 saturated carbocycles. The third-order valence-electron chi connectivity index (χ3n) is 3.73. The van der Waals surface area contributed by atoms with Crippen molar-refractivity contribution in [2.45, 2.75) is 51.7 Å². The number of amides is 1. The molecule has 0 aliphatic rings. The van der Waals surface area contributed by atoms with E-state index in [0.29, 0.717) is 0 Å². The second-order valence-electron chi connectivity index (χ2n) is 6.52. The number of aliphatic carboxylic acids is 1. The van der Waals surface area contributed by atoms with Crippen LogP contribution in [0.25, 0.3) is 0 Å². The molecule has 0 saturated heterocycles. The Balaban J connectivity index is 4.79. The highest BCUT2D eigenvalue weighted by atomic mass is 28.3. The second kappa shape index (κ2) is 7.90. The topological polar surface area (TPSA) is 57.6 Å². The molecule has 0 aromatic rings. The molecule has 0 radical (unpaired) electrons. The molecule has 0 unspecified atom stereocenters. The average Bonchev–Trinajstić information content (AvgIpc) is 2.33. The Kier molecular flexibility index (Phi) is 7.25. The van der Waals surface area contributed by atoms with E-state index in [-0.39, 0.29) is 36.9 Å². The Hall–Kier alpha value is -1.72. The van der Waals surface area contributed by atoms with E-state index in [9.17, 15) is 9.59 Å². The van der Waals surface area contributed by atoms with Crippen LogP contribution >= 0.6 is 0 Å². The Labute approximate surface area is 128 Å². The van der Waals surface area contributed by atoms with Crippen molar-refractivity contribution < 1.29 is 14.7 Å². The van der Waals surface area contributed by atoms with Crippen molar-refractivity contribution in [1.29, 1.82) is 0 Å². The van der Waals surface area contributed by atoms with Gasteiger partial charge in [-0.15, -0.1) is 12.0 Å². The molecule has 0 heterocycles. The van der Waals surface area contributed by atoms with Gasteiger partial charge in [0.1, 0.15) is 8.07 Å². The summed E-state index contributed by atoms with van der Waals surface area (Å²) in [5, 5.41) is 8.77. The van der Waals surface area contributed by atoms with Crippen molar-refractivity contribution in [3.8, 4) is 23.8 Å². The lowest BCUT2D eigenvalue weighted by Crippen LogP contribution is -2.36. The molecule has 1 N–H and O–H groups in total. The quantitative estimate of drug-likeness (QED) is 0.626. The molecule has 0 aromatic heterocycles. The summed E-state index contributed by atoms with van der Waals surface area (Å²) in [6.45, 7) is 11.3. The summed E-state index contributed by atoms with van der Waals surface area (Å²) >= 11 is 0. The smallest absolute Gasteiger partial charge is 0.303 e. The molecule has 21 heavy (non-hydrogen) atoms. The highest BCUT2D eigenvalue weighted by Gasteiger charge is 2.33. The van der Waals surface area contributed by atoms with E-state index in [1.54, 1.807) is 0 Å². The van der Waals surface area contributed by atoms with Crippen LogP contribution in [0.4, 0.5) is 0 Å². The van der Waals surface area contributed by atoms with Gasteiger partial charge in [-0.05, 0) is 5.04 Å². The van der Waals surface area contributed by atoms with Gasteiger partial charge in [-0.3, -0.25) is 9.59 Å². The Morgan fingerprint density at radius 2 is 1.76 bits per heavy atom. The molecular weight excluding hydrogens is 282 g/mol. The van der Waals surface area contributed by atoms with Crippen molar-refractivity contribution in [1.82, 2.24) is 4.90 Å². The van der Waals surface area contributed by atoms with Crippen LogP contribution in [0.1, 0.15) is 33.6 Å². The average molecular weight is 307 g/mol. The van der Waals surface area contributed by atoms with Crippen molar-refractivity contribution >= 4 is 20.0 Å². The number of carboxylic acids is 1. The maximum absolute atomic E-state index is 11.9. The first-order valence-corrected chi connectivity index (χ1v) is 9.94. The number of carbonyl (C=O) groups excluding carboxylic acids is 1. The summed E-state index contributed by atoms with van der Waals surface area (Å²) in [4.78, 5) is 23.8. The van der Waals surface area contributed by atoms with E-state index in [4.69, 9.17) is 11.5 Å². The van der Waals surface area contributed by atoms with Gasteiger partial charge in [0.2, 0.25) is 5.91 Å². The minimum absolute atomic E-state index is 0.0429. The van der Waals surface area contributed by atoms with E-state index in [1.807, 2.05) is 0 Å². The van der Waals surface area contributed by atoms with Crippen molar-refractivity contribution in [3.63, 3.8) is 0 Å². The zero-order valence-corrected chi connectivity index (χ0v) is 14.6. The minimum atomic E-state index is -1.71. The molecular formula is C16H25NO3Si. The Morgan fingerprint density at radius 1 is 1.19 bits per heavy atom. The van der Waals surface area contributed by atoms with Crippen LogP contribution in [0.15, 0.2) is 0 Å². The predicted molar refractivity (Wildman–Crippen MR) is 87.3 cm³/mol. The van der Waals surface area contributed by atoms with Gasteiger partial charge in [-0.25, -0.2) is 0 Å². The molecule has 0 rings (SSSR count). The fraction of sp³-hybridized carbons (Fsp3) is 0.625. The molecule has 0 aliphatic heterocycles. The minimum Gasteiger partial charge on any atom is -0.481 e. The van der Waals surface area contributed by atoms with Crippen LogP contribution in [0, 0.1) is 23.8 Å². The predicted octanol–water partition coefficient (Wildman–Crippen LogP) is 2.36. The molecule has 0 fully saturated rings. The maximum Gasteiger partial charge on any atom is 0.303 e. The van der Waals surface area contributed by atoms with Gasteiger partial charge in [0.25, 0.3) is 0 Å². The van der Waals surface area contributed by atoms with Crippen molar-refractivity contribution in [2.75, 3.05) is 13.1 Å². The molecule has 0 aliphatic carbocycles. The number of terminal acetylenes is 1. The van der Waals surface area contributed by atoms with Crippen LogP contribution in [-0.2, 0) is 9.59 Å². The largest absolute Gasteiger partial charge is 0.481 e. The third-order valence-corrected chi connectivity index (χ3v) is 8.29. The second-order valence-corrected chi connectivity index (χ2v) is 11.5. The summed E-state index contributed by atoms with van der Waals surface area (Å²) < 4.78 is 0. The van der Waals surface area contributed by atoms with Gasteiger partial charge >= 0.3 is 5.97 Å². The SMILES string of the molecule is C#CCN(CC#C[Si](C)(C)C(C)(C)C)C(=O)CCC(=O)O. The molecule has 4 nitrogen and oxygen atoms in total. The molecule has 116 valence electrons. The summed E-state index contributed by atoms with van der Waals surface area (Å²) in [7, 11) is -1.71. The number of hydrogen-bond acceptors (Lipinski definition) is 2. The van der Waals surface area contributed by atoms with Gasteiger partial charge < -0.3 is 10.0 Å². The van der Waals surface area contributed by atoms with Crippen LogP contribution in [0.3, 0.4) is 0 Å². The normalized spacial score (nSPS) is 11.0. The van der Waals surface area contributed by atoms with E-state index in [1.165, 1.54) is 4.90 Å². The highest BCUT2D eigenvalue weighted by Crippen LogP contribution is 2.35. The first-order valence-electron chi connectivity index (χ1n) is 6.94. The van der Waals surface area contributed by atoms with E-state index >= 15 is 0 Å². The highest BCUT2D eigenvalue weighted by molar-refractivity contribution is 6.87. The zero-order valence-electron chi connectivity index (χ0n) is 13.6. The van der Waals surface area contributed by atoms with Crippen LogP contribution in [0.5, 0.6) is 0 Å². The standard InChI is InChI=1S/C16H25NO3Si/c1-7-11-17(14(18)9-10-15(19)20)12-8-13-21(5,6)16(2,3)4/h1H,9-12H2,2-6H3,(H,19,20). The van der Waals surface area contributed by atoms with E-state index in [0.717, 1.165) is 0 Å². The summed E-state index contributed by atoms with van der Waals surface area (Å²) in [6, 6.07) is 0. The first-order chi connectivity index (χ1) is 9.51. The first kappa shape index (κ1) is 19.3. The number of hydrogen-bond donors (Lipinski definition) is 1. The van der Waals surface area contributed by atoms with Gasteiger partial charge in [-0.2, -0.15) is 0 Å². The summed E-state index contributed by atoms with van der Waals surface area (Å²) in [5.41, 5.74) is 3.32. The summed E-state index contributed by atoms with van der Waals surface area (Å²) in [6.07, 6.45) is 5.02. The Morgan fingerprint density at radius 3 is 2.19 bits per heavy atom. The van der Waals surface area contributed by atoms with Gasteiger partial charge in [-0.1, -0.05) is 45.7 Å². The van der Waals surface area contributed by atoms with Gasteiger partial charge in [0, 0.05) is 6.42 Å². The van der Waals surface area contributed by atoms with E-state index < -0.39 is 14.0 Å². The molecule has 0 bridgehead atoms. The van der Waals surface area contributed by atoms with Crippen LogP contribution in [0.2, 0.25) is 18.1 Å². The summed E-state index contributed by atoms with van der Waals surface area (Å²) in [5.74, 6) is 4.22. The van der Waals surface area contributed by atoms with Crippen LogP contribution < -0.4 is 0 Å². The van der Waals surface area contributed by atoms with Gasteiger partial charge in [0.05, 0.1) is 19.5 Å². The molecule has 0 atom stereocenters. The number of carboxylic acid groups (broad SMARTS) is 1. The van der Waals surface area contributed by atoms with E-state index in [2.05, 4.69) is 51.2 Å². The lowest BCUT2D eigenvalue weighted by atomic mass is 10.2. The zero-order chi connectivity index (χ0) is 16.7. The van der Waals surface area contributed by atoms with Gasteiger partial charge in [0.15, 0.2) is 0 Å². The van der Waals surface area contributed by atoms with Crippen molar-refractivity contribution in [3.05, 3.63) is 0 Å². The molecule has 1 amide bonds. The number of nitrogens with zero attached hydrogens (tertiary/aromatic N) is 1. The lowest BCUT2D eigenvalue weighted by Gasteiger charge is -2.31. The Bertz CT molecular complexity index is 486. The maximum atomic E-state index is 11.9. The fourth-order valence-electron chi connectivity index (χ4n) is 1.26. The number of rotatable bonds is 5.